The number of amides is 1. The molecule has 7 heteroatoms. The number of benzene rings is 1. The Bertz CT molecular complexity index is 990. The van der Waals surface area contributed by atoms with E-state index >= 15 is 0 Å². The van der Waals surface area contributed by atoms with Gasteiger partial charge in [0.2, 0.25) is 5.16 Å². The van der Waals surface area contributed by atoms with Crippen molar-refractivity contribution in [2.24, 2.45) is 5.41 Å². The van der Waals surface area contributed by atoms with E-state index in [0.29, 0.717) is 28.8 Å². The van der Waals surface area contributed by atoms with Crippen LogP contribution in [-0.2, 0) is 5.75 Å². The molecule has 6 nitrogen and oxygen atoms in total. The molecule has 148 valence electrons. The first-order chi connectivity index (χ1) is 13.2. The third kappa shape index (κ3) is 5.10. The van der Waals surface area contributed by atoms with Gasteiger partial charge in [0.25, 0.3) is 11.7 Å². The third-order valence-corrected chi connectivity index (χ3v) is 5.26. The number of carbonyl (C=O) groups excluding carboxylic acids is 1. The monoisotopic (exact) mass is 397 g/mol. The molecule has 3 rings (SSSR count). The van der Waals surface area contributed by atoms with Gasteiger partial charge in [-0.3, -0.25) is 4.79 Å². The summed E-state index contributed by atoms with van der Waals surface area (Å²) in [6.07, 6.45) is 0.937. The van der Waals surface area contributed by atoms with E-state index in [9.17, 15) is 4.79 Å². The Labute approximate surface area is 170 Å². The normalized spacial score (nSPS) is 11.8. The minimum atomic E-state index is -0.0310. The van der Waals surface area contributed by atoms with Crippen LogP contribution in [0.3, 0.4) is 0 Å². The van der Waals surface area contributed by atoms with E-state index in [1.54, 1.807) is 4.52 Å². The molecule has 0 spiro atoms. The SMILES string of the molecule is Cc1cc(C)n2nc(SCc3ccccc3C(=O)NCCC(C)(C)C)nc2n1. The van der Waals surface area contributed by atoms with Gasteiger partial charge in [-0.15, -0.1) is 5.10 Å². The van der Waals surface area contributed by atoms with Crippen molar-refractivity contribution in [1.29, 1.82) is 0 Å². The van der Waals surface area contributed by atoms with E-state index in [-0.39, 0.29) is 11.3 Å². The Morgan fingerprint density at radius 3 is 2.68 bits per heavy atom. The minimum Gasteiger partial charge on any atom is -0.352 e. The Hall–Kier alpha value is -2.41. The topological polar surface area (TPSA) is 72.2 Å². The molecule has 0 saturated heterocycles. The van der Waals surface area contributed by atoms with Crippen LogP contribution in [0.2, 0.25) is 0 Å². The largest absolute Gasteiger partial charge is 0.352 e. The van der Waals surface area contributed by atoms with E-state index in [2.05, 4.69) is 41.2 Å². The second-order valence-electron chi connectivity index (χ2n) is 8.16. The number of aryl methyl sites for hydroxylation is 2. The highest BCUT2D eigenvalue weighted by Crippen LogP contribution is 2.23. The Balaban J connectivity index is 1.70. The lowest BCUT2D eigenvalue weighted by atomic mass is 9.92. The van der Waals surface area contributed by atoms with Crippen molar-refractivity contribution in [1.82, 2.24) is 24.9 Å². The molecule has 0 atom stereocenters. The molecule has 1 aromatic carbocycles. The van der Waals surface area contributed by atoms with Crippen molar-refractivity contribution in [3.8, 4) is 0 Å². The molecule has 0 aliphatic carbocycles. The zero-order chi connectivity index (χ0) is 20.3. The summed E-state index contributed by atoms with van der Waals surface area (Å²) in [5, 5.41) is 8.22. The number of carbonyl (C=O) groups is 1. The first-order valence-corrected chi connectivity index (χ1v) is 10.4. The van der Waals surface area contributed by atoms with E-state index < -0.39 is 0 Å². The molecule has 0 aliphatic heterocycles. The summed E-state index contributed by atoms with van der Waals surface area (Å²) in [7, 11) is 0. The Morgan fingerprint density at radius 2 is 1.93 bits per heavy atom. The van der Waals surface area contributed by atoms with Crippen LogP contribution < -0.4 is 5.32 Å². The van der Waals surface area contributed by atoms with Crippen LogP contribution in [0.1, 0.15) is 54.5 Å². The van der Waals surface area contributed by atoms with Gasteiger partial charge in [-0.1, -0.05) is 50.7 Å². The van der Waals surface area contributed by atoms with E-state index in [0.717, 1.165) is 23.4 Å². The molecule has 0 bridgehead atoms. The van der Waals surface area contributed by atoms with Gasteiger partial charge < -0.3 is 5.32 Å². The van der Waals surface area contributed by atoms with Crippen LogP contribution in [0.15, 0.2) is 35.5 Å². The summed E-state index contributed by atoms with van der Waals surface area (Å²) in [5.74, 6) is 1.20. The van der Waals surface area contributed by atoms with E-state index in [4.69, 9.17) is 0 Å². The van der Waals surface area contributed by atoms with Gasteiger partial charge >= 0.3 is 0 Å². The molecule has 28 heavy (non-hydrogen) atoms. The predicted octanol–water partition coefficient (Wildman–Crippen LogP) is 4.20. The fourth-order valence-electron chi connectivity index (χ4n) is 2.87. The van der Waals surface area contributed by atoms with Crippen molar-refractivity contribution in [3.05, 3.63) is 52.8 Å². The average molecular weight is 398 g/mol. The number of hydrogen-bond acceptors (Lipinski definition) is 5. The number of hydrogen-bond donors (Lipinski definition) is 1. The molecule has 2 heterocycles. The van der Waals surface area contributed by atoms with Crippen LogP contribution in [0.25, 0.3) is 5.78 Å². The maximum absolute atomic E-state index is 12.6. The number of thioether (sulfide) groups is 1. The number of nitrogens with zero attached hydrogens (tertiary/aromatic N) is 4. The van der Waals surface area contributed by atoms with Gasteiger partial charge in [0.1, 0.15) is 0 Å². The number of aromatic nitrogens is 4. The molecule has 1 amide bonds. The Morgan fingerprint density at radius 1 is 1.18 bits per heavy atom. The highest BCUT2D eigenvalue weighted by atomic mass is 32.2. The lowest BCUT2D eigenvalue weighted by Crippen LogP contribution is -2.28. The van der Waals surface area contributed by atoms with Gasteiger partial charge in [-0.25, -0.2) is 9.50 Å². The van der Waals surface area contributed by atoms with E-state index in [1.807, 2.05) is 44.2 Å². The molecule has 3 aromatic rings. The fraction of sp³-hybridized carbons (Fsp3) is 0.429. The van der Waals surface area contributed by atoms with Crippen molar-refractivity contribution < 1.29 is 4.79 Å². The molecule has 0 fully saturated rings. The van der Waals surface area contributed by atoms with Crippen LogP contribution in [-0.4, -0.2) is 32.0 Å². The van der Waals surface area contributed by atoms with E-state index in [1.165, 1.54) is 11.8 Å². The van der Waals surface area contributed by atoms with Gasteiger partial charge in [0.05, 0.1) is 0 Å². The van der Waals surface area contributed by atoms with Gasteiger partial charge in [0, 0.05) is 29.2 Å². The molecule has 2 aromatic heterocycles. The maximum Gasteiger partial charge on any atom is 0.253 e. The van der Waals surface area contributed by atoms with Crippen LogP contribution >= 0.6 is 11.8 Å². The minimum absolute atomic E-state index is 0.0310. The lowest BCUT2D eigenvalue weighted by Gasteiger charge is -2.18. The number of nitrogens with one attached hydrogen (secondary N) is 1. The first kappa shape index (κ1) is 20.3. The van der Waals surface area contributed by atoms with Crippen molar-refractivity contribution in [2.75, 3.05) is 6.54 Å². The summed E-state index contributed by atoms with van der Waals surface area (Å²) < 4.78 is 1.75. The third-order valence-electron chi connectivity index (χ3n) is 4.38. The Kier molecular flexibility index (Phi) is 6.03. The van der Waals surface area contributed by atoms with Crippen LogP contribution in [0.4, 0.5) is 0 Å². The van der Waals surface area contributed by atoms with Crippen LogP contribution in [0.5, 0.6) is 0 Å². The summed E-state index contributed by atoms with van der Waals surface area (Å²) in [6, 6.07) is 9.68. The summed E-state index contributed by atoms with van der Waals surface area (Å²) >= 11 is 1.51. The molecule has 0 unspecified atom stereocenters. The molecule has 0 radical (unpaired) electrons. The highest BCUT2D eigenvalue weighted by molar-refractivity contribution is 7.98. The smallest absolute Gasteiger partial charge is 0.253 e. The zero-order valence-corrected chi connectivity index (χ0v) is 17.9. The lowest BCUT2D eigenvalue weighted by molar-refractivity contribution is 0.0949. The first-order valence-electron chi connectivity index (χ1n) is 9.43. The molecule has 1 N–H and O–H groups in total. The summed E-state index contributed by atoms with van der Waals surface area (Å²) in [5.41, 5.74) is 3.80. The molecule has 0 saturated carbocycles. The predicted molar refractivity (Wildman–Crippen MR) is 113 cm³/mol. The number of rotatable bonds is 6. The van der Waals surface area contributed by atoms with Gasteiger partial charge in [-0.05, 0) is 43.4 Å². The summed E-state index contributed by atoms with van der Waals surface area (Å²) in [6.45, 7) is 11.1. The highest BCUT2D eigenvalue weighted by Gasteiger charge is 2.15. The molecular formula is C21H27N5OS. The average Bonchev–Trinajstić information content (AvgIpc) is 3.02. The maximum atomic E-state index is 12.6. The second kappa shape index (κ2) is 8.31. The fourth-order valence-corrected chi connectivity index (χ4v) is 3.69. The van der Waals surface area contributed by atoms with Crippen molar-refractivity contribution in [3.63, 3.8) is 0 Å². The second-order valence-corrected chi connectivity index (χ2v) is 9.10. The molecular weight excluding hydrogens is 370 g/mol. The van der Waals surface area contributed by atoms with Crippen molar-refractivity contribution >= 4 is 23.4 Å². The quantitative estimate of drug-likeness (QED) is 0.631. The zero-order valence-electron chi connectivity index (χ0n) is 17.1. The summed E-state index contributed by atoms with van der Waals surface area (Å²) in [4.78, 5) is 21.5. The molecule has 0 aliphatic rings. The van der Waals surface area contributed by atoms with Gasteiger partial charge in [0.15, 0.2) is 0 Å². The van der Waals surface area contributed by atoms with Crippen LogP contribution in [0, 0.1) is 19.3 Å². The van der Waals surface area contributed by atoms with Crippen molar-refractivity contribution in [2.45, 2.75) is 51.9 Å². The number of fused-ring (bicyclic) bond motifs is 1. The van der Waals surface area contributed by atoms with Gasteiger partial charge in [-0.2, -0.15) is 4.98 Å². The standard InChI is InChI=1S/C21H27N5OS/c1-14-12-15(2)26-19(23-14)24-20(25-26)28-13-16-8-6-7-9-17(16)18(27)22-11-10-21(3,4)5/h6-9,12H,10-11,13H2,1-5H3,(H,22,27).